The maximum atomic E-state index is 9.88. The van der Waals surface area contributed by atoms with Gasteiger partial charge < -0.3 is 9.94 Å². The van der Waals surface area contributed by atoms with Crippen LogP contribution in [0.25, 0.3) is 10.8 Å². The summed E-state index contributed by atoms with van der Waals surface area (Å²) in [6.45, 7) is 6.02. The molecule has 3 aliphatic carbocycles. The maximum absolute atomic E-state index is 9.88. The van der Waals surface area contributed by atoms with Crippen molar-refractivity contribution in [2.75, 3.05) is 26.2 Å². The van der Waals surface area contributed by atoms with Gasteiger partial charge in [0.05, 0.1) is 11.2 Å². The van der Waals surface area contributed by atoms with Crippen LogP contribution in [0, 0.1) is 11.3 Å². The second kappa shape index (κ2) is 7.98. The third-order valence-corrected chi connectivity index (χ3v) is 11.5. The molecular weight excluding hydrogens is 458 g/mol. The summed E-state index contributed by atoms with van der Waals surface area (Å²) in [6, 6.07) is 9.77. The van der Waals surface area contributed by atoms with E-state index in [-0.39, 0.29) is 16.6 Å². The van der Waals surface area contributed by atoms with E-state index in [0.717, 1.165) is 45.4 Å². The molecule has 5 heteroatoms. The number of allylic oxidation sites excluding steroid dienone is 1. The first-order valence-electron chi connectivity index (χ1n) is 14.6. The van der Waals surface area contributed by atoms with Gasteiger partial charge >= 0.3 is 0 Å². The molecule has 1 aromatic heterocycles. The van der Waals surface area contributed by atoms with Gasteiger partial charge in [0.1, 0.15) is 0 Å². The molecule has 194 valence electrons. The summed E-state index contributed by atoms with van der Waals surface area (Å²) in [5, 5.41) is 13.9. The van der Waals surface area contributed by atoms with Gasteiger partial charge in [-0.25, -0.2) is 0 Å². The first kappa shape index (κ1) is 22.9. The van der Waals surface area contributed by atoms with Crippen LogP contribution in [0.15, 0.2) is 60.0 Å². The molecule has 3 aliphatic heterocycles. The van der Waals surface area contributed by atoms with Gasteiger partial charge in [-0.15, -0.1) is 0 Å². The van der Waals surface area contributed by atoms with E-state index in [2.05, 4.69) is 53.2 Å². The molecule has 1 N–H and O–H groups in total. The summed E-state index contributed by atoms with van der Waals surface area (Å²) in [5.41, 5.74) is 4.62. The molecule has 4 heterocycles. The zero-order valence-electron chi connectivity index (χ0n) is 22.0. The van der Waals surface area contributed by atoms with Crippen molar-refractivity contribution in [2.24, 2.45) is 11.3 Å². The molecular formula is C32H39N3O2. The van der Waals surface area contributed by atoms with E-state index in [9.17, 15) is 5.21 Å². The number of hydrogen-bond acceptors (Lipinski definition) is 5. The maximum Gasteiger partial charge on any atom is 0.0974 e. The monoisotopic (exact) mass is 497 g/mol. The van der Waals surface area contributed by atoms with Crippen LogP contribution < -0.4 is 0 Å². The number of pyridine rings is 1. The fourth-order valence-corrected chi connectivity index (χ4v) is 9.64. The van der Waals surface area contributed by atoms with Gasteiger partial charge in [-0.2, -0.15) is 5.06 Å². The lowest BCUT2D eigenvalue weighted by molar-refractivity contribution is -0.150. The number of piperazine rings is 1. The highest BCUT2D eigenvalue weighted by Gasteiger charge is 2.66. The number of aromatic nitrogens is 1. The quantitative estimate of drug-likeness (QED) is 0.564. The average molecular weight is 498 g/mol. The van der Waals surface area contributed by atoms with Crippen LogP contribution in [-0.2, 0) is 4.74 Å². The fraction of sp³-hybridized carbons (Fsp3) is 0.594. The summed E-state index contributed by atoms with van der Waals surface area (Å²) in [4.78, 5) is 7.02. The average Bonchev–Trinajstić information content (AvgIpc) is 3.43. The zero-order valence-corrected chi connectivity index (χ0v) is 22.0. The van der Waals surface area contributed by atoms with Crippen LogP contribution in [0.2, 0.25) is 0 Å². The third kappa shape index (κ3) is 3.21. The van der Waals surface area contributed by atoms with E-state index in [0.29, 0.717) is 17.9 Å². The van der Waals surface area contributed by atoms with Crippen molar-refractivity contribution in [1.29, 1.82) is 0 Å². The second-order valence-electron chi connectivity index (χ2n) is 13.1. The highest BCUT2D eigenvalue weighted by molar-refractivity contribution is 5.82. The Labute approximate surface area is 220 Å². The van der Waals surface area contributed by atoms with Gasteiger partial charge in [0, 0.05) is 50.0 Å². The van der Waals surface area contributed by atoms with Crippen LogP contribution >= 0.6 is 0 Å². The van der Waals surface area contributed by atoms with Crippen LogP contribution in [0.5, 0.6) is 0 Å². The molecule has 2 aromatic rings. The van der Waals surface area contributed by atoms with Crippen LogP contribution in [0.4, 0.5) is 0 Å². The number of ether oxygens (including phenoxy) is 1. The molecule has 8 rings (SSSR count). The summed E-state index contributed by atoms with van der Waals surface area (Å²) in [5.74, 6) is 1.14. The van der Waals surface area contributed by atoms with E-state index < -0.39 is 0 Å². The van der Waals surface area contributed by atoms with Gasteiger partial charge in [0.25, 0.3) is 0 Å². The molecule has 5 nitrogen and oxygen atoms in total. The molecule has 2 spiro atoms. The Morgan fingerprint density at radius 2 is 1.92 bits per heavy atom. The molecule has 6 aliphatic rings. The number of rotatable bonds is 2. The first-order chi connectivity index (χ1) is 18.0. The molecule has 0 amide bonds. The van der Waals surface area contributed by atoms with Crippen molar-refractivity contribution < 1.29 is 9.94 Å². The minimum atomic E-state index is -0.102. The molecule has 0 radical (unpaired) electrons. The summed E-state index contributed by atoms with van der Waals surface area (Å²) >= 11 is 0. The van der Waals surface area contributed by atoms with Gasteiger partial charge in [-0.3, -0.25) is 9.88 Å². The number of fused-ring (bicyclic) bond motifs is 2. The standard InChI is InChI=1S/C32H39N3O2/c1-30-10-8-26-19-25-4-5-27(34-14-16-35(36)17-15-34)20-31(25)11-12-32(26,37-31)29(30)7-6-28(30)23-3-2-22-9-13-33-21-24(22)18-23/h2-3,8-9,13,18-19,21,27-29,36H,4-7,10-12,14-17,20H2,1H3/t27-,28?,29-,30?,31-,32-/m1/s1. The summed E-state index contributed by atoms with van der Waals surface area (Å²) < 4.78 is 7.52. The molecule has 2 saturated heterocycles. The van der Waals surface area contributed by atoms with E-state index in [4.69, 9.17) is 4.74 Å². The second-order valence-corrected chi connectivity index (χ2v) is 13.1. The Balaban J connectivity index is 1.12. The molecule has 1 aromatic carbocycles. The van der Waals surface area contributed by atoms with E-state index in [1.807, 2.05) is 12.4 Å². The molecule has 2 saturated carbocycles. The Morgan fingerprint density at radius 3 is 2.81 bits per heavy atom. The van der Waals surface area contributed by atoms with Gasteiger partial charge in [-0.05, 0) is 103 Å². The number of hydrogen-bond donors (Lipinski definition) is 1. The zero-order chi connectivity index (χ0) is 24.8. The number of nitrogens with zero attached hydrogens (tertiary/aromatic N) is 3. The normalized spacial score (nSPS) is 41.6. The molecule has 6 atom stereocenters. The Kier molecular flexibility index (Phi) is 4.94. The molecule has 2 bridgehead atoms. The minimum Gasteiger partial charge on any atom is -0.359 e. The fourth-order valence-electron chi connectivity index (χ4n) is 9.64. The minimum absolute atomic E-state index is 0.0679. The Morgan fingerprint density at radius 1 is 1.03 bits per heavy atom. The lowest BCUT2D eigenvalue weighted by atomic mass is 9.58. The lowest BCUT2D eigenvalue weighted by Crippen LogP contribution is -2.57. The van der Waals surface area contributed by atoms with E-state index >= 15 is 0 Å². The largest absolute Gasteiger partial charge is 0.359 e. The van der Waals surface area contributed by atoms with Crippen molar-refractivity contribution >= 4 is 10.8 Å². The Hall–Kier alpha value is -2.05. The van der Waals surface area contributed by atoms with Crippen molar-refractivity contribution in [3.05, 3.63) is 65.5 Å². The molecule has 4 fully saturated rings. The van der Waals surface area contributed by atoms with Gasteiger partial charge in [0.15, 0.2) is 0 Å². The van der Waals surface area contributed by atoms with Crippen molar-refractivity contribution in [3.63, 3.8) is 0 Å². The van der Waals surface area contributed by atoms with Crippen molar-refractivity contribution in [2.45, 2.75) is 81.5 Å². The number of benzene rings is 1. The SMILES string of the molecule is CC12CC=C3C=C4CC[C@@H](N5CCN(O)CC5)C[C@]45CC[C@]3(O5)[C@@H]1CCC2c1ccc2ccncc2c1. The smallest absolute Gasteiger partial charge is 0.0974 e. The lowest BCUT2D eigenvalue weighted by Gasteiger charge is -2.55. The molecule has 2 unspecified atom stereocenters. The predicted octanol–water partition coefficient (Wildman–Crippen LogP) is 5.85. The topological polar surface area (TPSA) is 48.8 Å². The van der Waals surface area contributed by atoms with E-state index in [1.54, 1.807) is 5.57 Å². The highest BCUT2D eigenvalue weighted by Crippen LogP contribution is 2.69. The first-order valence-corrected chi connectivity index (χ1v) is 14.6. The summed E-state index contributed by atoms with van der Waals surface area (Å²) in [6.07, 6.45) is 18.6. The number of hydroxylamine groups is 2. The summed E-state index contributed by atoms with van der Waals surface area (Å²) in [7, 11) is 0. The van der Waals surface area contributed by atoms with Gasteiger partial charge in [-0.1, -0.05) is 31.2 Å². The van der Waals surface area contributed by atoms with Crippen LogP contribution in [0.3, 0.4) is 0 Å². The molecule has 37 heavy (non-hydrogen) atoms. The van der Waals surface area contributed by atoms with Crippen LogP contribution in [-0.4, -0.2) is 63.6 Å². The highest BCUT2D eigenvalue weighted by atomic mass is 16.5. The van der Waals surface area contributed by atoms with E-state index in [1.165, 1.54) is 59.1 Å². The Bertz CT molecular complexity index is 1310. The van der Waals surface area contributed by atoms with Crippen LogP contribution in [0.1, 0.15) is 69.8 Å². The van der Waals surface area contributed by atoms with Crippen molar-refractivity contribution in [1.82, 2.24) is 14.9 Å². The van der Waals surface area contributed by atoms with Gasteiger partial charge in [0.2, 0.25) is 0 Å². The predicted molar refractivity (Wildman–Crippen MR) is 144 cm³/mol. The third-order valence-electron chi connectivity index (χ3n) is 11.5. The van der Waals surface area contributed by atoms with Crippen molar-refractivity contribution in [3.8, 4) is 0 Å².